The number of benzene rings is 2. The average Bonchev–Trinajstić information content (AvgIpc) is 2.60. The molecule has 26 heavy (non-hydrogen) atoms. The Kier molecular flexibility index (Phi) is 4.69. The molecule has 0 radical (unpaired) electrons. The maximum Gasteiger partial charge on any atom is 0.251 e. The van der Waals surface area contributed by atoms with Crippen LogP contribution in [0.2, 0.25) is 0 Å². The molecule has 0 spiro atoms. The summed E-state index contributed by atoms with van der Waals surface area (Å²) in [6.45, 7) is 1.36. The number of rotatable bonds is 4. The van der Waals surface area contributed by atoms with Crippen LogP contribution in [0.4, 0.5) is 17.1 Å². The first-order valence-electron chi connectivity index (χ1n) is 8.04. The van der Waals surface area contributed by atoms with Crippen LogP contribution in [0.3, 0.4) is 0 Å². The summed E-state index contributed by atoms with van der Waals surface area (Å²) in [5.74, 6) is -0.795. The second kappa shape index (κ2) is 6.80. The van der Waals surface area contributed by atoms with E-state index in [0.29, 0.717) is 17.1 Å². The van der Waals surface area contributed by atoms with Gasteiger partial charge in [-0.25, -0.2) is 8.42 Å². The van der Waals surface area contributed by atoms with Gasteiger partial charge in [0.05, 0.1) is 23.3 Å². The van der Waals surface area contributed by atoms with Crippen molar-refractivity contribution >= 4 is 38.9 Å². The summed E-state index contributed by atoms with van der Waals surface area (Å²) in [6, 6.07) is 14.3. The van der Waals surface area contributed by atoms with Crippen molar-refractivity contribution < 1.29 is 18.0 Å². The fourth-order valence-corrected chi connectivity index (χ4v) is 4.20. The standard InChI is InChI=1S/C18H19N3O4S/c1-13(21(26(2,24)25)14-8-4-3-5-9-14)18(23)20-12-17(22)19-15-10-6-7-11-16(15)20/h3-11,13H,12H2,1-2H3,(H,19,22)/t13-/m0/s1. The van der Waals surface area contributed by atoms with E-state index < -0.39 is 22.0 Å². The van der Waals surface area contributed by atoms with Gasteiger partial charge in [-0.1, -0.05) is 30.3 Å². The maximum atomic E-state index is 13.1. The lowest BCUT2D eigenvalue weighted by Crippen LogP contribution is -2.52. The number of para-hydroxylation sites is 3. The molecule has 7 nitrogen and oxygen atoms in total. The molecule has 136 valence electrons. The predicted octanol–water partition coefficient (Wildman–Crippen LogP) is 1.83. The highest BCUT2D eigenvalue weighted by atomic mass is 32.2. The Morgan fingerprint density at radius 3 is 2.38 bits per heavy atom. The van der Waals surface area contributed by atoms with E-state index >= 15 is 0 Å². The summed E-state index contributed by atoms with van der Waals surface area (Å²) in [4.78, 5) is 26.4. The number of sulfonamides is 1. The van der Waals surface area contributed by atoms with E-state index in [-0.39, 0.29) is 12.5 Å². The molecule has 0 aliphatic carbocycles. The Balaban J connectivity index is 2.00. The topological polar surface area (TPSA) is 86.8 Å². The van der Waals surface area contributed by atoms with Crippen LogP contribution >= 0.6 is 0 Å². The molecule has 2 amide bonds. The first kappa shape index (κ1) is 17.9. The van der Waals surface area contributed by atoms with E-state index in [1.54, 1.807) is 54.6 Å². The zero-order valence-electron chi connectivity index (χ0n) is 14.4. The Hall–Kier alpha value is -2.87. The third kappa shape index (κ3) is 3.41. The van der Waals surface area contributed by atoms with Gasteiger partial charge in [0, 0.05) is 0 Å². The second-order valence-corrected chi connectivity index (χ2v) is 7.92. The second-order valence-electron chi connectivity index (χ2n) is 6.06. The maximum absolute atomic E-state index is 13.1. The van der Waals surface area contributed by atoms with Gasteiger partial charge in [-0.2, -0.15) is 0 Å². The van der Waals surface area contributed by atoms with Crippen LogP contribution in [0.25, 0.3) is 0 Å². The molecule has 1 heterocycles. The number of amides is 2. The largest absolute Gasteiger partial charge is 0.323 e. The molecule has 0 bridgehead atoms. The number of anilines is 3. The lowest BCUT2D eigenvalue weighted by Gasteiger charge is -2.35. The summed E-state index contributed by atoms with van der Waals surface area (Å²) in [7, 11) is -3.71. The van der Waals surface area contributed by atoms with Crippen LogP contribution < -0.4 is 14.5 Å². The molecule has 0 saturated carbocycles. The van der Waals surface area contributed by atoms with Crippen molar-refractivity contribution in [2.24, 2.45) is 0 Å². The summed E-state index contributed by atoms with van der Waals surface area (Å²) in [6.07, 6.45) is 1.06. The molecule has 8 heteroatoms. The minimum Gasteiger partial charge on any atom is -0.323 e. The normalized spacial score (nSPS) is 15.0. The number of hydrogen-bond acceptors (Lipinski definition) is 4. The lowest BCUT2D eigenvalue weighted by atomic mass is 10.1. The van der Waals surface area contributed by atoms with Crippen molar-refractivity contribution in [1.29, 1.82) is 0 Å². The Labute approximate surface area is 152 Å². The van der Waals surface area contributed by atoms with Crippen LogP contribution in [0.1, 0.15) is 6.92 Å². The van der Waals surface area contributed by atoms with Gasteiger partial charge < -0.3 is 5.32 Å². The first-order chi connectivity index (χ1) is 12.3. The van der Waals surface area contributed by atoms with Crippen LogP contribution in [0.15, 0.2) is 54.6 Å². The molecule has 0 aromatic heterocycles. The quantitative estimate of drug-likeness (QED) is 0.886. The average molecular weight is 373 g/mol. The van der Waals surface area contributed by atoms with E-state index in [4.69, 9.17) is 0 Å². The predicted molar refractivity (Wildman–Crippen MR) is 101 cm³/mol. The van der Waals surface area contributed by atoms with Crippen molar-refractivity contribution in [2.45, 2.75) is 13.0 Å². The summed E-state index contributed by atoms with van der Waals surface area (Å²) < 4.78 is 25.8. The zero-order valence-corrected chi connectivity index (χ0v) is 15.2. The van der Waals surface area contributed by atoms with Crippen molar-refractivity contribution in [1.82, 2.24) is 0 Å². The Bertz CT molecular complexity index is 944. The molecule has 3 rings (SSSR count). The smallest absolute Gasteiger partial charge is 0.251 e. The van der Waals surface area contributed by atoms with Crippen molar-refractivity contribution in [3.8, 4) is 0 Å². The van der Waals surface area contributed by atoms with Crippen LogP contribution in [-0.4, -0.2) is 39.1 Å². The number of hydrogen-bond donors (Lipinski definition) is 1. The molecule has 0 saturated heterocycles. The SMILES string of the molecule is C[C@@H](C(=O)N1CC(=O)Nc2ccccc21)N(c1ccccc1)S(C)(=O)=O. The minimum atomic E-state index is -3.71. The Morgan fingerprint density at radius 2 is 1.73 bits per heavy atom. The van der Waals surface area contributed by atoms with E-state index in [1.165, 1.54) is 11.8 Å². The van der Waals surface area contributed by atoms with Crippen molar-refractivity contribution in [2.75, 3.05) is 27.3 Å². The molecule has 1 aliphatic heterocycles. The number of fused-ring (bicyclic) bond motifs is 1. The van der Waals surface area contributed by atoms with E-state index in [2.05, 4.69) is 5.32 Å². The van der Waals surface area contributed by atoms with Gasteiger partial charge in [-0.05, 0) is 31.2 Å². The number of carbonyl (C=O) groups excluding carboxylic acids is 2. The summed E-state index contributed by atoms with van der Waals surface area (Å²) in [5.41, 5.74) is 1.46. The van der Waals surface area contributed by atoms with Crippen molar-refractivity contribution in [3.05, 3.63) is 54.6 Å². The van der Waals surface area contributed by atoms with Crippen LogP contribution in [0, 0.1) is 0 Å². The van der Waals surface area contributed by atoms with Gasteiger partial charge in [0.1, 0.15) is 12.6 Å². The van der Waals surface area contributed by atoms with Gasteiger partial charge in [-0.3, -0.25) is 18.8 Å². The van der Waals surface area contributed by atoms with E-state index in [0.717, 1.165) is 10.6 Å². The van der Waals surface area contributed by atoms with Gasteiger partial charge in [0.15, 0.2) is 0 Å². The van der Waals surface area contributed by atoms with Crippen molar-refractivity contribution in [3.63, 3.8) is 0 Å². The van der Waals surface area contributed by atoms with Gasteiger partial charge in [0.2, 0.25) is 15.9 Å². The highest BCUT2D eigenvalue weighted by molar-refractivity contribution is 7.92. The first-order valence-corrected chi connectivity index (χ1v) is 9.88. The van der Waals surface area contributed by atoms with Crippen LogP contribution in [-0.2, 0) is 19.6 Å². The molecule has 2 aromatic carbocycles. The van der Waals surface area contributed by atoms with Gasteiger partial charge >= 0.3 is 0 Å². The highest BCUT2D eigenvalue weighted by Gasteiger charge is 2.35. The van der Waals surface area contributed by atoms with E-state index in [1.807, 2.05) is 0 Å². The molecule has 1 N–H and O–H groups in total. The lowest BCUT2D eigenvalue weighted by molar-refractivity contribution is -0.122. The highest BCUT2D eigenvalue weighted by Crippen LogP contribution is 2.30. The number of nitrogens with one attached hydrogen (secondary N) is 1. The fraction of sp³-hybridized carbons (Fsp3) is 0.222. The van der Waals surface area contributed by atoms with E-state index in [9.17, 15) is 18.0 Å². The molecule has 1 aliphatic rings. The van der Waals surface area contributed by atoms with Gasteiger partial charge in [0.25, 0.3) is 5.91 Å². The molecule has 1 atom stereocenters. The molecule has 0 unspecified atom stereocenters. The number of nitrogens with zero attached hydrogens (tertiary/aromatic N) is 2. The molecular weight excluding hydrogens is 354 g/mol. The molecule has 0 fully saturated rings. The van der Waals surface area contributed by atoms with Gasteiger partial charge in [-0.15, -0.1) is 0 Å². The minimum absolute atomic E-state index is 0.160. The third-order valence-corrected chi connectivity index (χ3v) is 5.36. The molecule has 2 aromatic rings. The summed E-state index contributed by atoms with van der Waals surface area (Å²) >= 11 is 0. The monoisotopic (exact) mass is 373 g/mol. The number of carbonyl (C=O) groups is 2. The zero-order chi connectivity index (χ0) is 18.9. The Morgan fingerprint density at radius 1 is 1.12 bits per heavy atom. The molecular formula is C18H19N3O4S. The fourth-order valence-electron chi connectivity index (χ4n) is 3.03. The third-order valence-electron chi connectivity index (χ3n) is 4.11. The van der Waals surface area contributed by atoms with Crippen LogP contribution in [0.5, 0.6) is 0 Å². The summed E-state index contributed by atoms with van der Waals surface area (Å²) in [5, 5.41) is 2.71.